The summed E-state index contributed by atoms with van der Waals surface area (Å²) in [5.41, 5.74) is 6.62. The lowest BCUT2D eigenvalue weighted by molar-refractivity contribution is -0.121. The molecule has 0 saturated carbocycles. The molecule has 1 aromatic carbocycles. The molecule has 0 fully saturated rings. The van der Waals surface area contributed by atoms with Gasteiger partial charge in [0.05, 0.1) is 6.42 Å². The Balaban J connectivity index is 1.88. The van der Waals surface area contributed by atoms with E-state index in [-0.39, 0.29) is 18.2 Å². The van der Waals surface area contributed by atoms with Crippen molar-refractivity contribution in [2.75, 3.05) is 5.32 Å². The highest BCUT2D eigenvalue weighted by Gasteiger charge is 2.14. The smallest absolute Gasteiger partial charge is 0.240 e. The summed E-state index contributed by atoms with van der Waals surface area (Å²) in [4.78, 5) is 23.7. The van der Waals surface area contributed by atoms with Crippen molar-refractivity contribution in [3.63, 3.8) is 0 Å². The molecule has 0 unspecified atom stereocenters. The number of amides is 2. The third-order valence-corrected chi connectivity index (χ3v) is 4.22. The van der Waals surface area contributed by atoms with Gasteiger partial charge in [0.25, 0.3) is 0 Å². The minimum absolute atomic E-state index is 0.0990. The predicted octanol–water partition coefficient (Wildman–Crippen LogP) is 3.58. The average Bonchev–Trinajstić information content (AvgIpc) is 2.58. The molecular formula is C19H27N3O2. The lowest BCUT2D eigenvalue weighted by Gasteiger charge is -2.19. The van der Waals surface area contributed by atoms with Crippen LogP contribution in [0.3, 0.4) is 0 Å². The van der Waals surface area contributed by atoms with Crippen LogP contribution in [0.2, 0.25) is 0 Å². The Bertz CT molecular complexity index is 623. The molecule has 2 N–H and O–H groups in total. The number of carbonyl (C=O) groups excluding carboxylic acids is 2. The van der Waals surface area contributed by atoms with E-state index in [2.05, 4.69) is 21.9 Å². The third kappa shape index (κ3) is 5.48. The monoisotopic (exact) mass is 329 g/mol. The van der Waals surface area contributed by atoms with E-state index in [1.807, 2.05) is 19.1 Å². The number of hydrazone groups is 1. The molecule has 0 radical (unpaired) electrons. The summed E-state index contributed by atoms with van der Waals surface area (Å²) in [6.45, 7) is 3.79. The molecule has 24 heavy (non-hydrogen) atoms. The zero-order valence-electron chi connectivity index (χ0n) is 14.7. The number of hydrogen-bond acceptors (Lipinski definition) is 3. The van der Waals surface area contributed by atoms with Gasteiger partial charge in [-0.2, -0.15) is 5.10 Å². The Morgan fingerprint density at radius 3 is 2.75 bits per heavy atom. The largest absolute Gasteiger partial charge is 0.325 e. The van der Waals surface area contributed by atoms with Gasteiger partial charge in [-0.3, -0.25) is 9.59 Å². The summed E-state index contributed by atoms with van der Waals surface area (Å²) >= 11 is 0. The van der Waals surface area contributed by atoms with E-state index in [1.54, 1.807) is 6.92 Å². The molecule has 0 aliphatic heterocycles. The Morgan fingerprint density at radius 1 is 1.17 bits per heavy atom. The van der Waals surface area contributed by atoms with Gasteiger partial charge in [0.1, 0.15) is 0 Å². The molecule has 1 aromatic rings. The Morgan fingerprint density at radius 2 is 1.96 bits per heavy atom. The number of carbonyl (C=O) groups is 2. The number of fused-ring (bicyclic) bond motifs is 1. The average molecular weight is 329 g/mol. The molecule has 0 spiro atoms. The first kappa shape index (κ1) is 18.2. The highest BCUT2D eigenvalue weighted by molar-refractivity contribution is 6.06. The molecule has 1 aliphatic rings. The number of benzene rings is 1. The molecule has 2 amide bonds. The van der Waals surface area contributed by atoms with Crippen molar-refractivity contribution in [3.8, 4) is 0 Å². The summed E-state index contributed by atoms with van der Waals surface area (Å²) in [5, 5.41) is 6.99. The zero-order valence-corrected chi connectivity index (χ0v) is 14.7. The number of anilines is 1. The molecule has 0 saturated heterocycles. The summed E-state index contributed by atoms with van der Waals surface area (Å²) in [6.07, 6.45) is 6.96. The van der Waals surface area contributed by atoms with Crippen molar-refractivity contribution in [3.05, 3.63) is 29.3 Å². The zero-order chi connectivity index (χ0) is 17.4. The number of rotatable bonds is 7. The number of nitrogens with one attached hydrogen (secondary N) is 2. The topological polar surface area (TPSA) is 70.6 Å². The van der Waals surface area contributed by atoms with Crippen LogP contribution < -0.4 is 10.7 Å². The number of unbranched alkanes of at least 4 members (excludes halogenated alkanes) is 1. The third-order valence-electron chi connectivity index (χ3n) is 4.22. The Labute approximate surface area is 143 Å². The lowest BCUT2D eigenvalue weighted by atomic mass is 9.90. The fourth-order valence-corrected chi connectivity index (χ4v) is 2.92. The molecular weight excluding hydrogens is 302 g/mol. The normalized spacial score (nSPS) is 14.0. The molecule has 0 bridgehead atoms. The van der Waals surface area contributed by atoms with E-state index in [9.17, 15) is 9.59 Å². The molecule has 2 rings (SSSR count). The van der Waals surface area contributed by atoms with E-state index < -0.39 is 0 Å². The van der Waals surface area contributed by atoms with Gasteiger partial charge in [0, 0.05) is 17.8 Å². The second-order valence-corrected chi connectivity index (χ2v) is 6.36. The van der Waals surface area contributed by atoms with Crippen molar-refractivity contribution in [1.29, 1.82) is 0 Å². The van der Waals surface area contributed by atoms with Crippen molar-refractivity contribution in [2.24, 2.45) is 5.10 Å². The van der Waals surface area contributed by atoms with Gasteiger partial charge >= 0.3 is 0 Å². The van der Waals surface area contributed by atoms with Crippen molar-refractivity contribution < 1.29 is 9.59 Å². The van der Waals surface area contributed by atoms with Crippen molar-refractivity contribution >= 4 is 23.2 Å². The van der Waals surface area contributed by atoms with Gasteiger partial charge in [0.15, 0.2) is 0 Å². The molecule has 0 atom stereocenters. The predicted molar refractivity (Wildman–Crippen MR) is 97.1 cm³/mol. The van der Waals surface area contributed by atoms with Crippen molar-refractivity contribution in [2.45, 2.75) is 65.2 Å². The highest BCUT2D eigenvalue weighted by Crippen LogP contribution is 2.27. The summed E-state index contributed by atoms with van der Waals surface area (Å²) in [5.74, 6) is -0.202. The van der Waals surface area contributed by atoms with E-state index in [1.165, 1.54) is 24.0 Å². The first-order chi connectivity index (χ1) is 11.6. The van der Waals surface area contributed by atoms with Crippen LogP contribution in [0.1, 0.15) is 63.5 Å². The number of nitrogens with zero attached hydrogens (tertiary/aromatic N) is 1. The SMILES string of the molecule is CCCCC(=O)NN=C(C)CC(=O)Nc1cccc2c1CCCC2. The number of hydrogen-bond donors (Lipinski definition) is 2. The van der Waals surface area contributed by atoms with Crippen LogP contribution in [0, 0.1) is 0 Å². The first-order valence-electron chi connectivity index (χ1n) is 8.82. The van der Waals surface area contributed by atoms with Crippen LogP contribution in [-0.2, 0) is 22.4 Å². The number of aryl methyl sites for hydroxylation is 1. The van der Waals surface area contributed by atoms with E-state index >= 15 is 0 Å². The fourth-order valence-electron chi connectivity index (χ4n) is 2.92. The lowest BCUT2D eigenvalue weighted by Crippen LogP contribution is -2.21. The summed E-state index contributed by atoms with van der Waals surface area (Å²) < 4.78 is 0. The van der Waals surface area contributed by atoms with Gasteiger partial charge in [-0.15, -0.1) is 0 Å². The van der Waals surface area contributed by atoms with E-state index in [0.29, 0.717) is 12.1 Å². The quantitative estimate of drug-likeness (QED) is 0.593. The molecule has 5 nitrogen and oxygen atoms in total. The van der Waals surface area contributed by atoms with Gasteiger partial charge in [-0.05, 0) is 56.2 Å². The highest BCUT2D eigenvalue weighted by atomic mass is 16.2. The maximum atomic E-state index is 12.2. The Kier molecular flexibility index (Phi) is 6.97. The molecule has 130 valence electrons. The van der Waals surface area contributed by atoms with Gasteiger partial charge in [0.2, 0.25) is 11.8 Å². The van der Waals surface area contributed by atoms with Gasteiger partial charge < -0.3 is 5.32 Å². The van der Waals surface area contributed by atoms with E-state index in [0.717, 1.165) is 31.4 Å². The Hall–Kier alpha value is -2.17. The first-order valence-corrected chi connectivity index (χ1v) is 8.82. The van der Waals surface area contributed by atoms with Crippen LogP contribution in [-0.4, -0.2) is 17.5 Å². The minimum Gasteiger partial charge on any atom is -0.325 e. The summed E-state index contributed by atoms with van der Waals surface area (Å²) in [6, 6.07) is 6.10. The fraction of sp³-hybridized carbons (Fsp3) is 0.526. The minimum atomic E-state index is -0.103. The van der Waals surface area contributed by atoms with Crippen LogP contribution in [0.25, 0.3) is 0 Å². The van der Waals surface area contributed by atoms with Crippen molar-refractivity contribution in [1.82, 2.24) is 5.43 Å². The van der Waals surface area contributed by atoms with Crippen LogP contribution >= 0.6 is 0 Å². The standard InChI is InChI=1S/C19H27N3O2/c1-3-4-12-18(23)22-21-14(2)13-19(24)20-17-11-7-9-15-8-5-6-10-16(15)17/h7,9,11H,3-6,8,10,12-13H2,1-2H3,(H,20,24)(H,22,23). The maximum absolute atomic E-state index is 12.2. The van der Waals surface area contributed by atoms with Gasteiger partial charge in [-0.25, -0.2) is 5.43 Å². The second kappa shape index (κ2) is 9.21. The van der Waals surface area contributed by atoms with Gasteiger partial charge in [-0.1, -0.05) is 25.5 Å². The molecule has 5 heteroatoms. The second-order valence-electron chi connectivity index (χ2n) is 6.36. The maximum Gasteiger partial charge on any atom is 0.240 e. The van der Waals surface area contributed by atoms with Crippen LogP contribution in [0.15, 0.2) is 23.3 Å². The molecule has 0 aromatic heterocycles. The van der Waals surface area contributed by atoms with Crippen LogP contribution in [0.4, 0.5) is 5.69 Å². The van der Waals surface area contributed by atoms with E-state index in [4.69, 9.17) is 0 Å². The summed E-state index contributed by atoms with van der Waals surface area (Å²) in [7, 11) is 0. The molecule has 0 heterocycles. The molecule has 1 aliphatic carbocycles. The van der Waals surface area contributed by atoms with Crippen LogP contribution in [0.5, 0.6) is 0 Å².